The number of hydrogen-bond donors (Lipinski definition) is 1. The summed E-state index contributed by atoms with van der Waals surface area (Å²) >= 11 is 0. The molecule has 0 saturated carbocycles. The Kier molecular flexibility index (Phi) is 8.20. The van der Waals surface area contributed by atoms with Crippen molar-refractivity contribution in [2.45, 2.75) is 59.0 Å². The normalized spacial score (nSPS) is 13.9. The smallest absolute Gasteiger partial charge is 0.00637 e. The highest BCUT2D eigenvalue weighted by Crippen LogP contribution is 2.03. The van der Waals surface area contributed by atoms with E-state index in [0.29, 0.717) is 6.04 Å². The highest BCUT2D eigenvalue weighted by Gasteiger charge is 2.06. The Morgan fingerprint density at radius 3 is 2.36 bits per heavy atom. The molecule has 2 nitrogen and oxygen atoms in total. The minimum atomic E-state index is 0.619. The average Bonchev–Trinajstić information content (AvgIpc) is 2.12. The van der Waals surface area contributed by atoms with Crippen molar-refractivity contribution in [2.75, 3.05) is 20.1 Å². The molecule has 14 heavy (non-hydrogen) atoms. The second kappa shape index (κ2) is 8.25. The lowest BCUT2D eigenvalue weighted by Crippen LogP contribution is -2.32. The standard InChI is InChI=1S/C12H28N2/c1-6-8-12(4)14(5)10-7-9-13-11(2)3/h11-13H,6-10H2,1-5H3. The second-order valence-electron chi connectivity index (χ2n) is 4.58. The van der Waals surface area contributed by atoms with Gasteiger partial charge in [0.05, 0.1) is 0 Å². The summed E-state index contributed by atoms with van der Waals surface area (Å²) in [5.74, 6) is 0. The molecule has 0 amide bonds. The van der Waals surface area contributed by atoms with Gasteiger partial charge in [-0.2, -0.15) is 0 Å². The van der Waals surface area contributed by atoms with Crippen molar-refractivity contribution < 1.29 is 0 Å². The molecule has 86 valence electrons. The summed E-state index contributed by atoms with van der Waals surface area (Å²) < 4.78 is 0. The number of nitrogens with one attached hydrogen (secondary N) is 1. The molecule has 0 aliphatic heterocycles. The van der Waals surface area contributed by atoms with Crippen LogP contribution < -0.4 is 5.32 Å². The highest BCUT2D eigenvalue weighted by atomic mass is 15.1. The van der Waals surface area contributed by atoms with Crippen LogP contribution >= 0.6 is 0 Å². The fraction of sp³-hybridized carbons (Fsp3) is 1.00. The Bertz CT molecular complexity index is 123. The summed E-state index contributed by atoms with van der Waals surface area (Å²) in [6.07, 6.45) is 3.85. The van der Waals surface area contributed by atoms with Crippen LogP contribution in [-0.2, 0) is 0 Å². The zero-order chi connectivity index (χ0) is 11.0. The fourth-order valence-electron chi connectivity index (χ4n) is 1.58. The van der Waals surface area contributed by atoms with Crippen LogP contribution in [0.2, 0.25) is 0 Å². The van der Waals surface area contributed by atoms with Gasteiger partial charge in [0, 0.05) is 12.1 Å². The maximum absolute atomic E-state index is 3.45. The van der Waals surface area contributed by atoms with Gasteiger partial charge in [-0.3, -0.25) is 0 Å². The quantitative estimate of drug-likeness (QED) is 0.606. The fourth-order valence-corrected chi connectivity index (χ4v) is 1.58. The lowest BCUT2D eigenvalue weighted by Gasteiger charge is -2.24. The SMILES string of the molecule is CCCC(C)N(C)CCCNC(C)C. The van der Waals surface area contributed by atoms with Gasteiger partial charge in [0.15, 0.2) is 0 Å². The largest absolute Gasteiger partial charge is 0.314 e. The number of rotatable bonds is 8. The zero-order valence-corrected chi connectivity index (χ0v) is 10.6. The summed E-state index contributed by atoms with van der Waals surface area (Å²) in [6, 6.07) is 1.35. The van der Waals surface area contributed by atoms with E-state index >= 15 is 0 Å². The van der Waals surface area contributed by atoms with Crippen molar-refractivity contribution in [3.63, 3.8) is 0 Å². The first-order valence-corrected chi connectivity index (χ1v) is 6.01. The summed E-state index contributed by atoms with van der Waals surface area (Å²) in [6.45, 7) is 11.3. The van der Waals surface area contributed by atoms with Crippen LogP contribution in [0.4, 0.5) is 0 Å². The molecule has 0 spiro atoms. The zero-order valence-electron chi connectivity index (χ0n) is 10.6. The number of nitrogens with zero attached hydrogens (tertiary/aromatic N) is 1. The summed E-state index contributed by atoms with van der Waals surface area (Å²) in [5.41, 5.74) is 0. The van der Waals surface area contributed by atoms with Gasteiger partial charge < -0.3 is 10.2 Å². The Hall–Kier alpha value is -0.0800. The van der Waals surface area contributed by atoms with Crippen LogP contribution in [0, 0.1) is 0 Å². The molecule has 0 heterocycles. The van der Waals surface area contributed by atoms with E-state index in [-0.39, 0.29) is 0 Å². The van der Waals surface area contributed by atoms with Gasteiger partial charge in [-0.05, 0) is 39.9 Å². The predicted molar refractivity (Wildman–Crippen MR) is 64.8 cm³/mol. The van der Waals surface area contributed by atoms with Gasteiger partial charge in [0.1, 0.15) is 0 Å². The Morgan fingerprint density at radius 2 is 1.86 bits per heavy atom. The lowest BCUT2D eigenvalue weighted by atomic mass is 10.1. The summed E-state index contributed by atoms with van der Waals surface area (Å²) in [4.78, 5) is 2.46. The molecular weight excluding hydrogens is 172 g/mol. The molecule has 0 fully saturated rings. The summed E-state index contributed by atoms with van der Waals surface area (Å²) in [7, 11) is 2.23. The van der Waals surface area contributed by atoms with Crippen molar-refractivity contribution in [2.24, 2.45) is 0 Å². The topological polar surface area (TPSA) is 15.3 Å². The average molecular weight is 200 g/mol. The second-order valence-corrected chi connectivity index (χ2v) is 4.58. The molecule has 1 atom stereocenters. The third-order valence-corrected chi connectivity index (χ3v) is 2.70. The van der Waals surface area contributed by atoms with Crippen LogP contribution in [0.5, 0.6) is 0 Å². The van der Waals surface area contributed by atoms with E-state index in [9.17, 15) is 0 Å². The molecule has 0 aliphatic rings. The van der Waals surface area contributed by atoms with E-state index in [0.717, 1.165) is 12.6 Å². The third kappa shape index (κ3) is 7.34. The van der Waals surface area contributed by atoms with Crippen LogP contribution in [0.3, 0.4) is 0 Å². The maximum Gasteiger partial charge on any atom is 0.00637 e. The van der Waals surface area contributed by atoms with Crippen LogP contribution in [-0.4, -0.2) is 37.1 Å². The molecule has 0 aliphatic carbocycles. The first kappa shape index (κ1) is 13.9. The van der Waals surface area contributed by atoms with Crippen molar-refractivity contribution in [3.05, 3.63) is 0 Å². The van der Waals surface area contributed by atoms with Crippen LogP contribution in [0.25, 0.3) is 0 Å². The molecule has 0 radical (unpaired) electrons. The molecular formula is C12H28N2. The third-order valence-electron chi connectivity index (χ3n) is 2.70. The predicted octanol–water partition coefficient (Wildman–Crippen LogP) is 2.49. The van der Waals surface area contributed by atoms with Crippen LogP contribution in [0.1, 0.15) is 47.0 Å². The van der Waals surface area contributed by atoms with Gasteiger partial charge in [0.25, 0.3) is 0 Å². The van der Waals surface area contributed by atoms with Gasteiger partial charge in [0.2, 0.25) is 0 Å². The van der Waals surface area contributed by atoms with Gasteiger partial charge in [-0.1, -0.05) is 27.2 Å². The molecule has 1 unspecified atom stereocenters. The van der Waals surface area contributed by atoms with Crippen molar-refractivity contribution in [1.82, 2.24) is 10.2 Å². The van der Waals surface area contributed by atoms with E-state index in [4.69, 9.17) is 0 Å². The van der Waals surface area contributed by atoms with Gasteiger partial charge >= 0.3 is 0 Å². The van der Waals surface area contributed by atoms with E-state index in [1.165, 1.54) is 25.8 Å². The Labute approximate surface area is 90.1 Å². The van der Waals surface area contributed by atoms with Crippen LogP contribution in [0.15, 0.2) is 0 Å². The van der Waals surface area contributed by atoms with Crippen molar-refractivity contribution >= 4 is 0 Å². The lowest BCUT2D eigenvalue weighted by molar-refractivity contribution is 0.240. The summed E-state index contributed by atoms with van der Waals surface area (Å²) in [5, 5.41) is 3.45. The molecule has 0 rings (SSSR count). The minimum Gasteiger partial charge on any atom is -0.314 e. The molecule has 0 saturated heterocycles. The van der Waals surface area contributed by atoms with Gasteiger partial charge in [-0.25, -0.2) is 0 Å². The highest BCUT2D eigenvalue weighted by molar-refractivity contribution is 4.63. The minimum absolute atomic E-state index is 0.619. The molecule has 0 aromatic carbocycles. The monoisotopic (exact) mass is 200 g/mol. The Morgan fingerprint density at radius 1 is 1.21 bits per heavy atom. The first-order chi connectivity index (χ1) is 6.57. The van der Waals surface area contributed by atoms with Crippen molar-refractivity contribution in [1.29, 1.82) is 0 Å². The van der Waals surface area contributed by atoms with Gasteiger partial charge in [-0.15, -0.1) is 0 Å². The molecule has 0 aromatic rings. The van der Waals surface area contributed by atoms with E-state index < -0.39 is 0 Å². The molecule has 0 aromatic heterocycles. The van der Waals surface area contributed by atoms with E-state index in [2.05, 4.69) is 45.0 Å². The molecule has 0 bridgehead atoms. The molecule has 2 heteroatoms. The first-order valence-electron chi connectivity index (χ1n) is 6.01. The molecule has 1 N–H and O–H groups in total. The van der Waals surface area contributed by atoms with E-state index in [1.807, 2.05) is 0 Å². The van der Waals surface area contributed by atoms with Crippen molar-refractivity contribution in [3.8, 4) is 0 Å². The Balaban J connectivity index is 3.38. The van der Waals surface area contributed by atoms with E-state index in [1.54, 1.807) is 0 Å². The number of hydrogen-bond acceptors (Lipinski definition) is 2. The maximum atomic E-state index is 3.45.